The first-order valence-corrected chi connectivity index (χ1v) is 5.81. The molecule has 0 atom stereocenters. The topological polar surface area (TPSA) is 76.4 Å². The Hall–Kier alpha value is -2.21. The fourth-order valence-electron chi connectivity index (χ4n) is 1.48. The van der Waals surface area contributed by atoms with Crippen molar-refractivity contribution in [1.29, 1.82) is 0 Å². The minimum atomic E-state index is -0.461. The zero-order valence-electron chi connectivity index (χ0n) is 10.4. The van der Waals surface area contributed by atoms with Crippen molar-refractivity contribution in [3.05, 3.63) is 35.0 Å². The molecule has 2 N–H and O–H groups in total. The molecule has 0 radical (unpaired) electrons. The van der Waals surface area contributed by atoms with E-state index in [1.54, 1.807) is 12.1 Å². The molecular weight excluding hydrogens is 270 g/mol. The van der Waals surface area contributed by atoms with Gasteiger partial charge in [0.2, 0.25) is 5.88 Å². The van der Waals surface area contributed by atoms with Crippen LogP contribution < -0.4 is 15.4 Å². The Kier molecular flexibility index (Phi) is 3.91. The molecule has 0 saturated heterocycles. The number of aromatic nitrogens is 1. The van der Waals surface area contributed by atoms with Crippen LogP contribution in [0.4, 0.5) is 16.4 Å². The van der Waals surface area contributed by atoms with Gasteiger partial charge in [-0.05, 0) is 18.6 Å². The normalized spacial score (nSPS) is 10.1. The van der Waals surface area contributed by atoms with Gasteiger partial charge in [0.05, 0.1) is 19.0 Å². The second kappa shape index (κ2) is 5.62. The van der Waals surface area contributed by atoms with Gasteiger partial charge in [-0.1, -0.05) is 16.8 Å². The maximum Gasteiger partial charge on any atom is 0.326 e. The van der Waals surface area contributed by atoms with E-state index in [0.717, 1.165) is 5.56 Å². The van der Waals surface area contributed by atoms with Crippen LogP contribution in [0.2, 0.25) is 5.02 Å². The fourth-order valence-corrected chi connectivity index (χ4v) is 1.63. The second-order valence-corrected chi connectivity index (χ2v) is 4.16. The minimum Gasteiger partial charge on any atom is -0.495 e. The molecule has 0 aliphatic heterocycles. The van der Waals surface area contributed by atoms with Crippen LogP contribution in [0.3, 0.4) is 0 Å². The van der Waals surface area contributed by atoms with Crippen LogP contribution in [0.1, 0.15) is 5.56 Å². The zero-order valence-corrected chi connectivity index (χ0v) is 11.1. The first kappa shape index (κ1) is 13.2. The Balaban J connectivity index is 2.14. The number of nitrogens with zero attached hydrogens (tertiary/aromatic N) is 1. The molecule has 0 unspecified atom stereocenters. The minimum absolute atomic E-state index is 0.252. The number of rotatable bonds is 3. The SMILES string of the molecule is COc1cc(Cl)c(C)cc1NC(=O)Nc1ccno1. The predicted octanol–water partition coefficient (Wildman–Crippen LogP) is 3.29. The van der Waals surface area contributed by atoms with Crippen molar-refractivity contribution in [1.82, 2.24) is 5.16 Å². The quantitative estimate of drug-likeness (QED) is 0.905. The monoisotopic (exact) mass is 281 g/mol. The van der Waals surface area contributed by atoms with E-state index in [4.69, 9.17) is 20.9 Å². The first-order chi connectivity index (χ1) is 9.10. The lowest BCUT2D eigenvalue weighted by Gasteiger charge is -2.12. The van der Waals surface area contributed by atoms with Crippen molar-refractivity contribution < 1.29 is 14.1 Å². The molecule has 0 bridgehead atoms. The Morgan fingerprint density at radius 1 is 1.42 bits per heavy atom. The zero-order chi connectivity index (χ0) is 13.8. The predicted molar refractivity (Wildman–Crippen MR) is 71.9 cm³/mol. The molecule has 2 aromatic rings. The molecule has 6 nitrogen and oxygen atoms in total. The van der Waals surface area contributed by atoms with Crippen LogP contribution in [0.25, 0.3) is 0 Å². The van der Waals surface area contributed by atoms with Crippen LogP contribution in [-0.2, 0) is 0 Å². The van der Waals surface area contributed by atoms with Crippen molar-refractivity contribution in [2.45, 2.75) is 6.92 Å². The third-order valence-corrected chi connectivity index (χ3v) is 2.81. The van der Waals surface area contributed by atoms with Gasteiger partial charge in [0.1, 0.15) is 5.75 Å². The average Bonchev–Trinajstić information content (AvgIpc) is 2.86. The lowest BCUT2D eigenvalue weighted by atomic mass is 10.2. The van der Waals surface area contributed by atoms with E-state index in [9.17, 15) is 4.79 Å². The van der Waals surface area contributed by atoms with Gasteiger partial charge in [-0.15, -0.1) is 0 Å². The van der Waals surface area contributed by atoms with Crippen LogP contribution >= 0.6 is 11.6 Å². The number of halogens is 1. The second-order valence-electron chi connectivity index (χ2n) is 3.76. The summed E-state index contributed by atoms with van der Waals surface area (Å²) >= 11 is 5.98. The molecule has 0 saturated carbocycles. The molecule has 1 aromatic heterocycles. The number of aryl methyl sites for hydroxylation is 1. The van der Waals surface area contributed by atoms with E-state index in [0.29, 0.717) is 16.5 Å². The molecular formula is C12H12ClN3O3. The van der Waals surface area contributed by atoms with Crippen LogP contribution in [0, 0.1) is 6.92 Å². The summed E-state index contributed by atoms with van der Waals surface area (Å²) in [5.74, 6) is 0.727. The van der Waals surface area contributed by atoms with Gasteiger partial charge < -0.3 is 14.6 Å². The number of amides is 2. The van der Waals surface area contributed by atoms with Gasteiger partial charge in [0, 0.05) is 17.2 Å². The first-order valence-electron chi connectivity index (χ1n) is 5.43. The van der Waals surface area contributed by atoms with Crippen molar-refractivity contribution in [3.8, 4) is 5.75 Å². The largest absolute Gasteiger partial charge is 0.495 e. The van der Waals surface area contributed by atoms with Crippen LogP contribution in [0.15, 0.2) is 28.9 Å². The summed E-state index contributed by atoms with van der Waals surface area (Å²) in [5.41, 5.74) is 1.35. The Bertz CT molecular complexity index is 584. The van der Waals surface area contributed by atoms with E-state index >= 15 is 0 Å². The molecule has 7 heteroatoms. The number of urea groups is 1. The summed E-state index contributed by atoms with van der Waals surface area (Å²) in [6, 6.07) is 4.43. The van der Waals surface area contributed by atoms with Gasteiger partial charge >= 0.3 is 6.03 Å². The summed E-state index contributed by atoms with van der Waals surface area (Å²) in [6.45, 7) is 1.83. The van der Waals surface area contributed by atoms with Gasteiger partial charge in [-0.25, -0.2) is 4.79 Å². The van der Waals surface area contributed by atoms with E-state index < -0.39 is 6.03 Å². The summed E-state index contributed by atoms with van der Waals surface area (Å²) in [5, 5.41) is 9.18. The lowest BCUT2D eigenvalue weighted by molar-refractivity contribution is 0.261. The Morgan fingerprint density at radius 3 is 2.84 bits per heavy atom. The maximum absolute atomic E-state index is 11.7. The van der Waals surface area contributed by atoms with Gasteiger partial charge in [0.25, 0.3) is 0 Å². The van der Waals surface area contributed by atoms with E-state index in [1.807, 2.05) is 6.92 Å². The molecule has 0 spiro atoms. The van der Waals surface area contributed by atoms with Gasteiger partial charge in [0.15, 0.2) is 0 Å². The van der Waals surface area contributed by atoms with Crippen LogP contribution in [-0.4, -0.2) is 18.3 Å². The van der Waals surface area contributed by atoms with Crippen molar-refractivity contribution in [2.24, 2.45) is 0 Å². The summed E-state index contributed by atoms with van der Waals surface area (Å²) in [7, 11) is 1.50. The number of methoxy groups -OCH3 is 1. The van der Waals surface area contributed by atoms with Gasteiger partial charge in [-0.2, -0.15) is 0 Å². The number of nitrogens with one attached hydrogen (secondary N) is 2. The molecule has 1 heterocycles. The molecule has 1 aromatic carbocycles. The smallest absolute Gasteiger partial charge is 0.326 e. The third kappa shape index (κ3) is 3.17. The fraction of sp³-hybridized carbons (Fsp3) is 0.167. The molecule has 2 rings (SSSR count). The lowest BCUT2D eigenvalue weighted by Crippen LogP contribution is -2.19. The van der Waals surface area contributed by atoms with Gasteiger partial charge in [-0.3, -0.25) is 5.32 Å². The van der Waals surface area contributed by atoms with E-state index in [1.165, 1.54) is 19.4 Å². The molecule has 0 aliphatic rings. The molecule has 2 amide bonds. The molecule has 0 aliphatic carbocycles. The number of anilines is 2. The summed E-state index contributed by atoms with van der Waals surface area (Å²) in [6.07, 6.45) is 1.43. The summed E-state index contributed by atoms with van der Waals surface area (Å²) < 4.78 is 9.92. The molecule has 0 fully saturated rings. The summed E-state index contributed by atoms with van der Waals surface area (Å²) in [4.78, 5) is 11.7. The van der Waals surface area contributed by atoms with E-state index in [2.05, 4.69) is 15.8 Å². The number of carbonyl (C=O) groups excluding carboxylic acids is 1. The standard InChI is InChI=1S/C12H12ClN3O3/c1-7-5-9(10(18-2)6-8(7)13)15-12(17)16-11-3-4-14-19-11/h3-6H,1-2H3,(H2,15,16,17). The van der Waals surface area contributed by atoms with Crippen molar-refractivity contribution in [2.75, 3.05) is 17.7 Å². The van der Waals surface area contributed by atoms with Crippen molar-refractivity contribution in [3.63, 3.8) is 0 Å². The Labute approximate surface area is 114 Å². The highest BCUT2D eigenvalue weighted by molar-refractivity contribution is 6.31. The number of benzene rings is 1. The van der Waals surface area contributed by atoms with Crippen LogP contribution in [0.5, 0.6) is 5.75 Å². The number of ether oxygens (including phenoxy) is 1. The average molecular weight is 282 g/mol. The van der Waals surface area contributed by atoms with E-state index in [-0.39, 0.29) is 5.88 Å². The highest BCUT2D eigenvalue weighted by Gasteiger charge is 2.11. The number of carbonyl (C=O) groups is 1. The number of hydrogen-bond donors (Lipinski definition) is 2. The van der Waals surface area contributed by atoms with Crippen molar-refractivity contribution >= 4 is 29.2 Å². The Morgan fingerprint density at radius 2 is 2.21 bits per heavy atom. The molecule has 19 heavy (non-hydrogen) atoms. The maximum atomic E-state index is 11.7. The third-order valence-electron chi connectivity index (χ3n) is 2.40. The highest BCUT2D eigenvalue weighted by atomic mass is 35.5. The highest BCUT2D eigenvalue weighted by Crippen LogP contribution is 2.30. The molecule has 100 valence electrons. The number of hydrogen-bond acceptors (Lipinski definition) is 4.